The molecule has 0 amide bonds. The molecular formula is C31H26O2. The van der Waals surface area contributed by atoms with Gasteiger partial charge in [-0.15, -0.1) is 0 Å². The van der Waals surface area contributed by atoms with Crippen LogP contribution in [-0.2, 0) is 12.0 Å². The van der Waals surface area contributed by atoms with Crippen molar-refractivity contribution in [1.29, 1.82) is 0 Å². The molecule has 33 heavy (non-hydrogen) atoms. The van der Waals surface area contributed by atoms with Crippen LogP contribution in [0.1, 0.15) is 49.9 Å². The van der Waals surface area contributed by atoms with Crippen LogP contribution in [0.15, 0.2) is 66.7 Å². The quantitative estimate of drug-likeness (QED) is 0.282. The highest BCUT2D eigenvalue weighted by atomic mass is 16.5. The van der Waals surface area contributed by atoms with Gasteiger partial charge < -0.3 is 9.47 Å². The van der Waals surface area contributed by atoms with Gasteiger partial charge in [-0.2, -0.15) is 0 Å². The lowest BCUT2D eigenvalue weighted by molar-refractivity contribution is 0.161. The summed E-state index contributed by atoms with van der Waals surface area (Å²) < 4.78 is 13.0. The predicted molar refractivity (Wildman–Crippen MR) is 135 cm³/mol. The Hall–Kier alpha value is -3.52. The van der Waals surface area contributed by atoms with E-state index >= 15 is 0 Å². The van der Waals surface area contributed by atoms with Gasteiger partial charge in [0.05, 0.1) is 0 Å². The summed E-state index contributed by atoms with van der Waals surface area (Å²) in [5.74, 6) is 1.94. The zero-order valence-corrected chi connectivity index (χ0v) is 19.5. The van der Waals surface area contributed by atoms with Gasteiger partial charge >= 0.3 is 0 Å². The van der Waals surface area contributed by atoms with Crippen molar-refractivity contribution in [2.24, 2.45) is 0 Å². The summed E-state index contributed by atoms with van der Waals surface area (Å²) in [4.78, 5) is 0. The highest BCUT2D eigenvalue weighted by Gasteiger charge is 2.41. The summed E-state index contributed by atoms with van der Waals surface area (Å²) in [5, 5.41) is 2.37. The van der Waals surface area contributed by atoms with Crippen molar-refractivity contribution in [2.45, 2.75) is 45.3 Å². The second kappa shape index (κ2) is 6.08. The fourth-order valence-corrected chi connectivity index (χ4v) is 6.06. The van der Waals surface area contributed by atoms with Crippen LogP contribution < -0.4 is 9.47 Å². The Morgan fingerprint density at radius 3 is 2.39 bits per heavy atom. The lowest BCUT2D eigenvalue weighted by atomic mass is 9.78. The molecule has 1 aliphatic carbocycles. The van der Waals surface area contributed by atoms with Crippen LogP contribution in [0.3, 0.4) is 0 Å². The third kappa shape index (κ3) is 2.44. The molecule has 2 heteroatoms. The van der Waals surface area contributed by atoms with Gasteiger partial charge in [0.2, 0.25) is 0 Å². The van der Waals surface area contributed by atoms with Gasteiger partial charge in [0.25, 0.3) is 0 Å². The summed E-state index contributed by atoms with van der Waals surface area (Å²) in [6.07, 6.45) is 4.48. The number of hydrogen-bond acceptors (Lipinski definition) is 2. The summed E-state index contributed by atoms with van der Waals surface area (Å²) in [6.45, 7) is 9.53. The molecule has 0 spiro atoms. The van der Waals surface area contributed by atoms with Gasteiger partial charge in [0.1, 0.15) is 23.7 Å². The standard InChI is InChI=1S/C31H26O2/c1-30(2)14-13-21-28-27(20-11-7-8-12-25(20)31(28,3)4)23-16-26-22(15-24(23)29(21)33-30)19-10-6-5-9-18(19)17-32-26/h5-16H,17H2,1-4H3. The molecule has 0 N–H and O–H groups in total. The van der Waals surface area contributed by atoms with E-state index in [1.54, 1.807) is 0 Å². The van der Waals surface area contributed by atoms with E-state index in [4.69, 9.17) is 9.47 Å². The number of benzene rings is 4. The molecule has 0 radical (unpaired) electrons. The molecule has 0 aromatic heterocycles. The largest absolute Gasteiger partial charge is 0.488 e. The zero-order chi connectivity index (χ0) is 22.5. The highest BCUT2D eigenvalue weighted by Crippen LogP contribution is 2.58. The van der Waals surface area contributed by atoms with Gasteiger partial charge in [0, 0.05) is 21.9 Å². The molecular weight excluding hydrogens is 404 g/mol. The molecule has 0 bridgehead atoms. The third-order valence-corrected chi connectivity index (χ3v) is 7.60. The first-order chi connectivity index (χ1) is 15.9. The Labute approximate surface area is 194 Å². The first-order valence-electron chi connectivity index (χ1n) is 11.7. The topological polar surface area (TPSA) is 18.5 Å². The van der Waals surface area contributed by atoms with E-state index in [0.717, 1.165) is 22.4 Å². The third-order valence-electron chi connectivity index (χ3n) is 7.60. The second-order valence-electron chi connectivity index (χ2n) is 10.5. The minimum Gasteiger partial charge on any atom is -0.488 e. The van der Waals surface area contributed by atoms with Gasteiger partial charge in [-0.25, -0.2) is 0 Å². The fraction of sp³-hybridized carbons (Fsp3) is 0.226. The molecule has 3 aliphatic rings. The van der Waals surface area contributed by atoms with E-state index in [-0.39, 0.29) is 11.0 Å². The Morgan fingerprint density at radius 2 is 1.55 bits per heavy atom. The van der Waals surface area contributed by atoms with Crippen molar-refractivity contribution < 1.29 is 9.47 Å². The Bertz CT molecular complexity index is 1530. The average molecular weight is 431 g/mol. The predicted octanol–water partition coefficient (Wildman–Crippen LogP) is 7.89. The first kappa shape index (κ1) is 19.0. The van der Waals surface area contributed by atoms with E-state index in [1.165, 1.54) is 44.3 Å². The van der Waals surface area contributed by atoms with Gasteiger partial charge in [-0.05, 0) is 70.8 Å². The monoisotopic (exact) mass is 430 g/mol. The maximum absolute atomic E-state index is 6.70. The Balaban J connectivity index is 1.66. The normalized spacial score (nSPS) is 17.8. The van der Waals surface area contributed by atoms with Crippen molar-refractivity contribution in [1.82, 2.24) is 0 Å². The van der Waals surface area contributed by atoms with Crippen LogP contribution in [0.5, 0.6) is 11.5 Å². The zero-order valence-electron chi connectivity index (χ0n) is 19.5. The van der Waals surface area contributed by atoms with Crippen molar-refractivity contribution in [3.05, 3.63) is 89.0 Å². The SMILES string of the molecule is CC1(C)C=Cc2c3c(c4cc5c(cc4c2O1)-c1ccccc1CO5)-c1ccccc1C3(C)C. The van der Waals surface area contributed by atoms with Crippen LogP contribution in [0.4, 0.5) is 0 Å². The lowest BCUT2D eigenvalue weighted by Crippen LogP contribution is -2.29. The molecule has 0 atom stereocenters. The van der Waals surface area contributed by atoms with Gasteiger partial charge in [0.15, 0.2) is 0 Å². The minimum absolute atomic E-state index is 0.108. The maximum atomic E-state index is 6.70. The number of hydrogen-bond donors (Lipinski definition) is 0. The minimum atomic E-state index is -0.353. The summed E-state index contributed by atoms with van der Waals surface area (Å²) in [7, 11) is 0. The molecule has 2 nitrogen and oxygen atoms in total. The summed E-state index contributed by atoms with van der Waals surface area (Å²) in [5.41, 5.74) is 9.74. The summed E-state index contributed by atoms with van der Waals surface area (Å²) in [6, 6.07) is 21.9. The van der Waals surface area contributed by atoms with Gasteiger partial charge in [-0.3, -0.25) is 0 Å². The molecule has 0 fully saturated rings. The highest BCUT2D eigenvalue weighted by molar-refractivity contribution is 6.10. The van der Waals surface area contributed by atoms with Gasteiger partial charge in [-0.1, -0.05) is 68.5 Å². The molecule has 2 heterocycles. The van der Waals surface area contributed by atoms with Crippen molar-refractivity contribution >= 4 is 16.8 Å². The number of ether oxygens (including phenoxy) is 2. The van der Waals surface area contributed by atoms with Crippen LogP contribution in [-0.4, -0.2) is 5.60 Å². The average Bonchev–Trinajstić information content (AvgIpc) is 3.05. The molecule has 7 rings (SSSR count). The lowest BCUT2D eigenvalue weighted by Gasteiger charge is -2.33. The van der Waals surface area contributed by atoms with Crippen LogP contribution in [0.25, 0.3) is 39.1 Å². The van der Waals surface area contributed by atoms with Crippen LogP contribution in [0.2, 0.25) is 0 Å². The number of rotatable bonds is 0. The smallest absolute Gasteiger partial charge is 0.136 e. The van der Waals surface area contributed by atoms with E-state index in [9.17, 15) is 0 Å². The van der Waals surface area contributed by atoms with Crippen molar-refractivity contribution in [2.75, 3.05) is 0 Å². The Kier molecular flexibility index (Phi) is 3.50. The van der Waals surface area contributed by atoms with E-state index in [1.807, 2.05) is 0 Å². The molecule has 162 valence electrons. The van der Waals surface area contributed by atoms with Crippen molar-refractivity contribution in [3.63, 3.8) is 0 Å². The second-order valence-corrected chi connectivity index (χ2v) is 10.5. The number of fused-ring (bicyclic) bond motifs is 11. The molecule has 0 unspecified atom stereocenters. The molecule has 0 saturated heterocycles. The van der Waals surface area contributed by atoms with E-state index in [0.29, 0.717) is 6.61 Å². The molecule has 4 aromatic rings. The molecule has 0 saturated carbocycles. The van der Waals surface area contributed by atoms with Crippen LogP contribution in [0, 0.1) is 0 Å². The molecule has 4 aromatic carbocycles. The fourth-order valence-electron chi connectivity index (χ4n) is 6.06. The Morgan fingerprint density at radius 1 is 0.788 bits per heavy atom. The first-order valence-corrected chi connectivity index (χ1v) is 11.7. The van der Waals surface area contributed by atoms with Crippen molar-refractivity contribution in [3.8, 4) is 33.8 Å². The molecule has 2 aliphatic heterocycles. The van der Waals surface area contributed by atoms with E-state index < -0.39 is 0 Å². The maximum Gasteiger partial charge on any atom is 0.136 e. The van der Waals surface area contributed by atoms with E-state index in [2.05, 4.69) is 101 Å². The summed E-state index contributed by atoms with van der Waals surface area (Å²) >= 11 is 0. The van der Waals surface area contributed by atoms with Crippen LogP contribution >= 0.6 is 0 Å².